The first-order chi connectivity index (χ1) is 7.93. The van der Waals surface area contributed by atoms with E-state index in [4.69, 9.17) is 10.7 Å². The van der Waals surface area contributed by atoms with Crippen molar-refractivity contribution in [2.75, 3.05) is 7.11 Å². The summed E-state index contributed by atoms with van der Waals surface area (Å²) >= 11 is 0. The number of ether oxygens (including phenoxy) is 1. The molecule has 4 nitrogen and oxygen atoms in total. The van der Waals surface area contributed by atoms with Crippen molar-refractivity contribution in [1.82, 2.24) is 0 Å². The molecule has 6 heteroatoms. The van der Waals surface area contributed by atoms with E-state index in [1.807, 2.05) is 0 Å². The Morgan fingerprint density at radius 3 is 2.41 bits per heavy atom. The van der Waals surface area contributed by atoms with Gasteiger partial charge in [0.05, 0.1) is 17.9 Å². The highest BCUT2D eigenvalue weighted by atomic mass is 35.7. The lowest BCUT2D eigenvalue weighted by atomic mass is 10.1. The van der Waals surface area contributed by atoms with Gasteiger partial charge in [-0.05, 0) is 30.0 Å². The second kappa shape index (κ2) is 4.31. The lowest BCUT2D eigenvalue weighted by Crippen LogP contribution is -2.03. The van der Waals surface area contributed by atoms with E-state index < -0.39 is 9.05 Å². The van der Waals surface area contributed by atoms with Crippen molar-refractivity contribution in [1.29, 1.82) is 0 Å². The van der Waals surface area contributed by atoms with E-state index >= 15 is 0 Å². The number of rotatable bonds is 3. The van der Waals surface area contributed by atoms with Gasteiger partial charge in [-0.2, -0.15) is 0 Å². The Morgan fingerprint density at radius 2 is 1.94 bits per heavy atom. The highest BCUT2D eigenvalue weighted by Crippen LogP contribution is 2.48. The molecule has 0 N–H and O–H groups in total. The lowest BCUT2D eigenvalue weighted by molar-refractivity contribution is -0.142. The number of carbonyl (C=O) groups is 1. The maximum absolute atomic E-state index is 11.2. The molecule has 0 aromatic heterocycles. The molecule has 0 saturated heterocycles. The molecule has 0 radical (unpaired) electrons. The molecule has 0 bridgehead atoms. The molecule has 17 heavy (non-hydrogen) atoms. The highest BCUT2D eigenvalue weighted by molar-refractivity contribution is 8.13. The minimum atomic E-state index is -3.68. The van der Waals surface area contributed by atoms with Crippen LogP contribution in [0.15, 0.2) is 29.2 Å². The first-order valence-electron chi connectivity index (χ1n) is 5.06. The molecule has 1 aromatic carbocycles. The number of hydrogen-bond donors (Lipinski definition) is 0. The van der Waals surface area contributed by atoms with Crippen LogP contribution in [0, 0.1) is 5.92 Å². The molecule has 0 unspecified atom stereocenters. The fourth-order valence-electron chi connectivity index (χ4n) is 1.85. The molecule has 1 aliphatic carbocycles. The second-order valence-electron chi connectivity index (χ2n) is 3.98. The normalized spacial score (nSPS) is 23.2. The van der Waals surface area contributed by atoms with E-state index in [2.05, 4.69) is 4.74 Å². The van der Waals surface area contributed by atoms with Gasteiger partial charge in [-0.25, -0.2) is 8.42 Å². The van der Waals surface area contributed by atoms with Crippen molar-refractivity contribution >= 4 is 25.7 Å². The van der Waals surface area contributed by atoms with Gasteiger partial charge in [-0.3, -0.25) is 4.79 Å². The van der Waals surface area contributed by atoms with E-state index in [1.54, 1.807) is 12.1 Å². The van der Waals surface area contributed by atoms with E-state index in [-0.39, 0.29) is 22.7 Å². The first kappa shape index (κ1) is 12.4. The van der Waals surface area contributed by atoms with Crippen LogP contribution in [0.4, 0.5) is 0 Å². The highest BCUT2D eigenvalue weighted by Gasteiger charge is 2.44. The van der Waals surface area contributed by atoms with Crippen LogP contribution in [0.5, 0.6) is 0 Å². The number of carbonyl (C=O) groups excluding carboxylic acids is 1. The average molecular weight is 275 g/mol. The van der Waals surface area contributed by atoms with E-state index in [0.717, 1.165) is 12.0 Å². The molecule has 1 fully saturated rings. The topological polar surface area (TPSA) is 60.4 Å². The maximum atomic E-state index is 11.2. The number of halogens is 1. The van der Waals surface area contributed by atoms with Crippen LogP contribution in [0.25, 0.3) is 0 Å². The van der Waals surface area contributed by atoms with Crippen molar-refractivity contribution in [2.24, 2.45) is 5.92 Å². The molecule has 92 valence electrons. The van der Waals surface area contributed by atoms with Crippen molar-refractivity contribution in [3.05, 3.63) is 29.8 Å². The maximum Gasteiger partial charge on any atom is 0.309 e. The molecule has 1 saturated carbocycles. The molecule has 1 aliphatic rings. The standard InChI is InChI=1S/C11H11ClO4S/c1-16-11(13)10-6-9(10)7-2-4-8(5-3-7)17(12,14)15/h2-5,9-10H,6H2,1H3/t9-,10+/m0/s1. The molecular formula is C11H11ClO4S. The van der Waals surface area contributed by atoms with E-state index in [1.165, 1.54) is 19.2 Å². The van der Waals surface area contributed by atoms with Crippen LogP contribution >= 0.6 is 10.7 Å². The molecular weight excluding hydrogens is 264 g/mol. The van der Waals surface area contributed by atoms with Crippen LogP contribution in [0.3, 0.4) is 0 Å². The Morgan fingerprint density at radius 1 is 1.35 bits per heavy atom. The zero-order valence-corrected chi connectivity index (χ0v) is 10.7. The quantitative estimate of drug-likeness (QED) is 0.624. The third-order valence-electron chi connectivity index (χ3n) is 2.88. The summed E-state index contributed by atoms with van der Waals surface area (Å²) < 4.78 is 26.7. The van der Waals surface area contributed by atoms with Gasteiger partial charge >= 0.3 is 5.97 Å². The zero-order chi connectivity index (χ0) is 12.6. The largest absolute Gasteiger partial charge is 0.469 e. The predicted octanol–water partition coefficient (Wildman–Crippen LogP) is 1.89. The Labute approximate surface area is 104 Å². The van der Waals surface area contributed by atoms with Crippen molar-refractivity contribution in [3.8, 4) is 0 Å². The van der Waals surface area contributed by atoms with E-state index in [0.29, 0.717) is 0 Å². The van der Waals surface area contributed by atoms with Gasteiger partial charge in [0.2, 0.25) is 0 Å². The summed E-state index contributed by atoms with van der Waals surface area (Å²) in [5, 5.41) is 0. The van der Waals surface area contributed by atoms with Crippen molar-refractivity contribution in [2.45, 2.75) is 17.2 Å². The number of esters is 1. The molecule has 0 aliphatic heterocycles. The van der Waals surface area contributed by atoms with E-state index in [9.17, 15) is 13.2 Å². The van der Waals surface area contributed by atoms with Gasteiger partial charge in [-0.1, -0.05) is 12.1 Å². The Bertz CT molecular complexity index is 535. The lowest BCUT2D eigenvalue weighted by Gasteiger charge is -2.01. The molecule has 0 amide bonds. The Kier molecular flexibility index (Phi) is 3.14. The molecule has 1 aromatic rings. The van der Waals surface area contributed by atoms with Crippen molar-refractivity contribution in [3.63, 3.8) is 0 Å². The summed E-state index contributed by atoms with van der Waals surface area (Å²) in [6.07, 6.45) is 0.750. The summed E-state index contributed by atoms with van der Waals surface area (Å²) in [6, 6.07) is 6.26. The minimum absolute atomic E-state index is 0.0678. The SMILES string of the molecule is COC(=O)[C@@H]1C[C@H]1c1ccc(S(=O)(=O)Cl)cc1. The van der Waals surface area contributed by atoms with Crippen LogP contribution < -0.4 is 0 Å². The number of hydrogen-bond acceptors (Lipinski definition) is 4. The van der Waals surface area contributed by atoms with Gasteiger partial charge in [-0.15, -0.1) is 0 Å². The van der Waals surface area contributed by atoms with Crippen LogP contribution in [-0.4, -0.2) is 21.5 Å². The molecule has 2 atom stereocenters. The zero-order valence-electron chi connectivity index (χ0n) is 9.09. The Hall–Kier alpha value is -1.07. The van der Waals surface area contributed by atoms with Gasteiger partial charge in [0.25, 0.3) is 9.05 Å². The summed E-state index contributed by atoms with van der Waals surface area (Å²) in [5.41, 5.74) is 0.935. The second-order valence-corrected chi connectivity index (χ2v) is 6.54. The molecule has 2 rings (SSSR count). The van der Waals surface area contributed by atoms with Gasteiger partial charge < -0.3 is 4.74 Å². The third-order valence-corrected chi connectivity index (χ3v) is 4.25. The summed E-state index contributed by atoms with van der Waals surface area (Å²) in [5.74, 6) is -0.183. The number of methoxy groups -OCH3 is 1. The summed E-state index contributed by atoms with van der Waals surface area (Å²) in [7, 11) is 2.89. The van der Waals surface area contributed by atoms with Crippen LogP contribution in [0.1, 0.15) is 17.9 Å². The fraction of sp³-hybridized carbons (Fsp3) is 0.364. The molecule has 0 heterocycles. The molecule has 0 spiro atoms. The number of benzene rings is 1. The fourth-order valence-corrected chi connectivity index (χ4v) is 2.62. The van der Waals surface area contributed by atoms with Crippen LogP contribution in [0.2, 0.25) is 0 Å². The third kappa shape index (κ3) is 2.61. The first-order valence-corrected chi connectivity index (χ1v) is 7.37. The predicted molar refractivity (Wildman–Crippen MR) is 62.3 cm³/mol. The average Bonchev–Trinajstić information content (AvgIpc) is 3.07. The monoisotopic (exact) mass is 274 g/mol. The van der Waals surface area contributed by atoms with Crippen LogP contribution in [-0.2, 0) is 18.6 Å². The smallest absolute Gasteiger partial charge is 0.309 e. The van der Waals surface area contributed by atoms with Crippen molar-refractivity contribution < 1.29 is 17.9 Å². The van der Waals surface area contributed by atoms with Gasteiger partial charge in [0, 0.05) is 10.7 Å². The van der Waals surface area contributed by atoms with Gasteiger partial charge in [0.1, 0.15) is 0 Å². The summed E-state index contributed by atoms with van der Waals surface area (Å²) in [6.45, 7) is 0. The Balaban J connectivity index is 2.14. The van der Waals surface area contributed by atoms with Gasteiger partial charge in [0.15, 0.2) is 0 Å². The minimum Gasteiger partial charge on any atom is -0.469 e. The summed E-state index contributed by atoms with van der Waals surface area (Å²) in [4.78, 5) is 11.3.